The first-order valence-electron chi connectivity index (χ1n) is 10.6. The Hall–Kier alpha value is -4.84. The van der Waals surface area contributed by atoms with E-state index in [4.69, 9.17) is 19.6 Å². The lowest BCUT2D eigenvalue weighted by atomic mass is 10.0. The first kappa shape index (κ1) is 21.0. The van der Waals surface area contributed by atoms with Crippen LogP contribution in [-0.2, 0) is 9.78 Å². The van der Waals surface area contributed by atoms with Crippen molar-refractivity contribution in [3.63, 3.8) is 0 Å². The average Bonchev–Trinajstić information content (AvgIpc) is 2.90. The van der Waals surface area contributed by atoms with Gasteiger partial charge in [-0.1, -0.05) is 48.5 Å². The lowest BCUT2D eigenvalue weighted by Crippen LogP contribution is -1.97. The molecule has 0 fully saturated rings. The molecule has 2 heterocycles. The van der Waals surface area contributed by atoms with E-state index in [2.05, 4.69) is 9.97 Å². The molecule has 5 aromatic rings. The van der Waals surface area contributed by atoms with Gasteiger partial charge in [0, 0.05) is 46.3 Å². The van der Waals surface area contributed by atoms with Crippen LogP contribution in [0.4, 0.5) is 0 Å². The van der Waals surface area contributed by atoms with Crippen LogP contribution in [0.5, 0.6) is 11.5 Å². The number of aromatic nitrogens is 2. The molecule has 6 heteroatoms. The number of nitrogens with zero attached hydrogens (tertiary/aromatic N) is 2. The normalized spacial score (nSPS) is 11.3. The maximum atomic E-state index is 5.77. The molecule has 0 unspecified atom stereocenters. The van der Waals surface area contributed by atoms with Gasteiger partial charge < -0.3 is 0 Å². The Labute approximate surface area is 196 Å². The summed E-state index contributed by atoms with van der Waals surface area (Å²) in [5, 5.41) is 3.32. The molecule has 5 rings (SSSR count). The molecule has 0 saturated carbocycles. The second kappa shape index (κ2) is 10.2. The molecule has 166 valence electrons. The summed E-state index contributed by atoms with van der Waals surface area (Å²) in [7, 11) is 0. The molecule has 6 nitrogen and oxygen atoms in total. The van der Waals surface area contributed by atoms with Gasteiger partial charge in [0.1, 0.15) is 12.5 Å². The monoisotopic (exact) mass is 448 g/mol. The zero-order chi connectivity index (χ0) is 23.0. The average molecular weight is 448 g/mol. The zero-order valence-electron chi connectivity index (χ0n) is 18.1. The van der Waals surface area contributed by atoms with Crippen LogP contribution in [0.15, 0.2) is 110 Å². The van der Waals surface area contributed by atoms with E-state index in [-0.39, 0.29) is 0 Å². The molecule has 0 saturated heterocycles. The van der Waals surface area contributed by atoms with Crippen molar-refractivity contribution in [2.24, 2.45) is 0 Å². The number of pyridine rings is 2. The van der Waals surface area contributed by atoms with Crippen molar-refractivity contribution in [3.05, 3.63) is 121 Å². The Bertz CT molecular complexity index is 1280. The first-order valence-corrected chi connectivity index (χ1v) is 10.6. The summed E-state index contributed by atoms with van der Waals surface area (Å²) in [6.45, 7) is 0. The predicted octanol–water partition coefficient (Wildman–Crippen LogP) is 6.75. The van der Waals surface area contributed by atoms with Crippen molar-refractivity contribution in [3.8, 4) is 11.5 Å². The van der Waals surface area contributed by atoms with E-state index in [1.165, 1.54) is 12.5 Å². The molecule has 0 radical (unpaired) electrons. The Morgan fingerprint density at radius 1 is 0.471 bits per heavy atom. The summed E-state index contributed by atoms with van der Waals surface area (Å²) in [6, 6.07) is 23.0. The topological polar surface area (TPSA) is 62.7 Å². The number of hydrogen-bond acceptors (Lipinski definition) is 6. The van der Waals surface area contributed by atoms with Gasteiger partial charge >= 0.3 is 0 Å². The second-order valence-corrected chi connectivity index (χ2v) is 7.28. The number of hydrogen-bond donors (Lipinski definition) is 0. The summed E-state index contributed by atoms with van der Waals surface area (Å²) in [5.74, 6) is 1.18. The lowest BCUT2D eigenvalue weighted by molar-refractivity contribution is -0.147. The zero-order valence-corrected chi connectivity index (χ0v) is 18.1. The first-order chi connectivity index (χ1) is 16.9. The van der Waals surface area contributed by atoms with Gasteiger partial charge in [0.05, 0.1) is 0 Å². The van der Waals surface area contributed by atoms with Gasteiger partial charge in [0.15, 0.2) is 11.5 Å². The molecule has 2 aromatic heterocycles. The molecule has 0 spiro atoms. The highest BCUT2D eigenvalue weighted by atomic mass is 17.2. The molecule has 34 heavy (non-hydrogen) atoms. The highest BCUT2D eigenvalue weighted by Gasteiger charge is 2.17. The maximum absolute atomic E-state index is 5.77. The molecule has 0 aliphatic rings. The highest BCUT2D eigenvalue weighted by Crippen LogP contribution is 2.42. The van der Waals surface area contributed by atoms with Gasteiger partial charge in [-0.3, -0.25) is 29.5 Å². The molecular weight excluding hydrogens is 428 g/mol. The van der Waals surface area contributed by atoms with Crippen LogP contribution in [0.25, 0.3) is 33.7 Å². The fourth-order valence-corrected chi connectivity index (χ4v) is 3.54. The summed E-state index contributed by atoms with van der Waals surface area (Å²) in [6.07, 6.45) is 13.5. The van der Waals surface area contributed by atoms with Crippen molar-refractivity contribution >= 4 is 33.7 Å². The second-order valence-electron chi connectivity index (χ2n) is 7.28. The summed E-state index contributed by atoms with van der Waals surface area (Å²) >= 11 is 0. The Morgan fingerprint density at radius 3 is 1.18 bits per heavy atom. The SMILES string of the molecule is C(=C/c1ccncc1)/OOc1c2ccccc2c(OO/C=C\c2ccncc2)c2ccccc12. The van der Waals surface area contributed by atoms with E-state index in [0.29, 0.717) is 11.5 Å². The Morgan fingerprint density at radius 2 is 0.824 bits per heavy atom. The largest absolute Gasteiger partial charge is 0.298 e. The maximum Gasteiger partial charge on any atom is 0.194 e. The number of fused-ring (bicyclic) bond motifs is 2. The van der Waals surface area contributed by atoms with Crippen molar-refractivity contribution in [1.82, 2.24) is 9.97 Å². The molecule has 0 N–H and O–H groups in total. The van der Waals surface area contributed by atoms with Crippen LogP contribution in [0.2, 0.25) is 0 Å². The van der Waals surface area contributed by atoms with Crippen LogP contribution >= 0.6 is 0 Å². The quantitative estimate of drug-likeness (QED) is 0.113. The standard InChI is InChI=1S/C28H20N2O4/c1-2-6-24-23(5-1)27(33-31-19-13-21-9-15-29-16-10-21)25-7-3-4-8-26(25)28(24)34-32-20-14-22-11-17-30-18-12-22/h1-20H/b19-13-,20-14-. The van der Waals surface area contributed by atoms with Crippen molar-refractivity contribution in [1.29, 1.82) is 0 Å². The van der Waals surface area contributed by atoms with Crippen molar-refractivity contribution in [2.45, 2.75) is 0 Å². The third kappa shape index (κ3) is 4.66. The minimum atomic E-state index is 0.588. The fraction of sp³-hybridized carbons (Fsp3) is 0. The van der Waals surface area contributed by atoms with E-state index in [1.807, 2.05) is 72.8 Å². The van der Waals surface area contributed by atoms with Crippen LogP contribution in [0.3, 0.4) is 0 Å². The van der Waals surface area contributed by atoms with E-state index in [0.717, 1.165) is 32.7 Å². The van der Waals surface area contributed by atoms with Gasteiger partial charge in [-0.05, 0) is 47.5 Å². The molecule has 0 bridgehead atoms. The van der Waals surface area contributed by atoms with Crippen LogP contribution in [0.1, 0.15) is 11.1 Å². The van der Waals surface area contributed by atoms with Gasteiger partial charge in [-0.15, -0.1) is 0 Å². The van der Waals surface area contributed by atoms with Gasteiger partial charge in [-0.25, -0.2) is 0 Å². The summed E-state index contributed by atoms with van der Waals surface area (Å²) < 4.78 is 0. The van der Waals surface area contributed by atoms with Gasteiger partial charge in [0.25, 0.3) is 0 Å². The van der Waals surface area contributed by atoms with Gasteiger partial charge in [0.2, 0.25) is 0 Å². The Balaban J connectivity index is 1.44. The van der Waals surface area contributed by atoms with Gasteiger partial charge in [-0.2, -0.15) is 0 Å². The number of rotatable bonds is 8. The molecule has 3 aromatic carbocycles. The summed E-state index contributed by atoms with van der Waals surface area (Å²) in [5.41, 5.74) is 1.91. The third-order valence-corrected chi connectivity index (χ3v) is 5.14. The smallest absolute Gasteiger partial charge is 0.194 e. The van der Waals surface area contributed by atoms with E-state index in [1.54, 1.807) is 36.9 Å². The van der Waals surface area contributed by atoms with E-state index >= 15 is 0 Å². The lowest BCUT2D eigenvalue weighted by Gasteiger charge is -2.14. The molecule has 0 aliphatic heterocycles. The van der Waals surface area contributed by atoms with Crippen molar-refractivity contribution in [2.75, 3.05) is 0 Å². The predicted molar refractivity (Wildman–Crippen MR) is 131 cm³/mol. The molecular formula is C28H20N2O4. The fourth-order valence-electron chi connectivity index (χ4n) is 3.54. The molecule has 0 amide bonds. The van der Waals surface area contributed by atoms with Crippen molar-refractivity contribution < 1.29 is 19.6 Å². The van der Waals surface area contributed by atoms with Crippen LogP contribution in [-0.4, -0.2) is 9.97 Å². The molecule has 0 atom stereocenters. The highest BCUT2D eigenvalue weighted by molar-refractivity contribution is 6.10. The van der Waals surface area contributed by atoms with E-state index < -0.39 is 0 Å². The minimum Gasteiger partial charge on any atom is -0.298 e. The van der Waals surface area contributed by atoms with Crippen LogP contribution < -0.4 is 9.78 Å². The van der Waals surface area contributed by atoms with Crippen LogP contribution in [0, 0.1) is 0 Å². The van der Waals surface area contributed by atoms with E-state index in [9.17, 15) is 0 Å². The summed E-state index contributed by atoms with van der Waals surface area (Å²) in [4.78, 5) is 30.4. The Kier molecular flexibility index (Phi) is 6.30. The number of benzene rings is 3. The third-order valence-electron chi connectivity index (χ3n) is 5.14. The molecule has 0 aliphatic carbocycles. The minimum absolute atomic E-state index is 0.588.